The highest BCUT2D eigenvalue weighted by Crippen LogP contribution is 2.40. The first kappa shape index (κ1) is 21.4. The Morgan fingerprint density at radius 1 is 1.13 bits per heavy atom. The lowest BCUT2D eigenvalue weighted by Crippen LogP contribution is -2.33. The van der Waals surface area contributed by atoms with Crippen LogP contribution in [-0.2, 0) is 19.1 Å². The van der Waals surface area contributed by atoms with Crippen molar-refractivity contribution in [2.24, 2.45) is 17.3 Å². The highest BCUT2D eigenvalue weighted by atomic mass is 16.5. The predicted octanol–water partition coefficient (Wildman–Crippen LogP) is 3.87. The van der Waals surface area contributed by atoms with E-state index in [4.69, 9.17) is 9.47 Å². The molecule has 0 heterocycles. The zero-order chi connectivity index (χ0) is 17.9. The van der Waals surface area contributed by atoms with Crippen LogP contribution in [0.15, 0.2) is 0 Å². The second-order valence-electron chi connectivity index (χ2n) is 6.19. The smallest absolute Gasteiger partial charge is 0.309 e. The Labute approximate surface area is 140 Å². The number of nitriles is 1. The number of esters is 2. The Bertz CT molecular complexity index is 414. The molecule has 0 bridgehead atoms. The van der Waals surface area contributed by atoms with Gasteiger partial charge in [0.15, 0.2) is 0 Å². The molecule has 0 radical (unpaired) electrons. The lowest BCUT2D eigenvalue weighted by atomic mass is 9.68. The van der Waals surface area contributed by atoms with Crippen LogP contribution >= 0.6 is 0 Å². The van der Waals surface area contributed by atoms with Gasteiger partial charge in [0.1, 0.15) is 0 Å². The Balaban J connectivity index is 5.29. The second-order valence-corrected chi connectivity index (χ2v) is 6.19. The molecule has 5 heteroatoms. The van der Waals surface area contributed by atoms with Crippen LogP contribution in [0.25, 0.3) is 0 Å². The molecule has 23 heavy (non-hydrogen) atoms. The minimum atomic E-state index is -0.632. The van der Waals surface area contributed by atoms with Gasteiger partial charge in [-0.3, -0.25) is 9.59 Å². The van der Waals surface area contributed by atoms with E-state index in [2.05, 4.69) is 13.0 Å². The molecule has 132 valence electrons. The Hall–Kier alpha value is -1.57. The summed E-state index contributed by atoms with van der Waals surface area (Å²) in [6.45, 7) is 10.1. The molecule has 0 aromatic carbocycles. The third-order valence-electron chi connectivity index (χ3n) is 4.25. The van der Waals surface area contributed by atoms with E-state index in [1.807, 2.05) is 13.8 Å². The summed E-state index contributed by atoms with van der Waals surface area (Å²) in [6, 6.07) is 2.42. The molecule has 0 rings (SSSR count). The van der Waals surface area contributed by atoms with Gasteiger partial charge in [0, 0.05) is 0 Å². The van der Waals surface area contributed by atoms with Crippen LogP contribution in [0.1, 0.15) is 66.7 Å². The van der Waals surface area contributed by atoms with E-state index >= 15 is 0 Å². The maximum Gasteiger partial charge on any atom is 0.309 e. The van der Waals surface area contributed by atoms with Gasteiger partial charge in [-0.25, -0.2) is 0 Å². The minimum Gasteiger partial charge on any atom is -0.466 e. The molecule has 0 aromatic heterocycles. The van der Waals surface area contributed by atoms with Gasteiger partial charge in [-0.2, -0.15) is 5.26 Å². The SMILES string of the molecule is CCCCC(C#N)(CC(CC(=O)OCC)C(=O)OCC)C(C)C. The van der Waals surface area contributed by atoms with E-state index in [1.54, 1.807) is 13.8 Å². The fraction of sp³-hybridized carbons (Fsp3) is 0.833. The van der Waals surface area contributed by atoms with Gasteiger partial charge in [0.05, 0.1) is 37.0 Å². The van der Waals surface area contributed by atoms with Gasteiger partial charge >= 0.3 is 11.9 Å². The molecule has 0 saturated heterocycles. The van der Waals surface area contributed by atoms with Gasteiger partial charge in [0.2, 0.25) is 0 Å². The molecule has 0 aliphatic rings. The normalized spacial score (nSPS) is 14.7. The molecule has 2 atom stereocenters. The molecule has 0 aliphatic carbocycles. The van der Waals surface area contributed by atoms with Crippen molar-refractivity contribution in [3.05, 3.63) is 0 Å². The first-order valence-corrected chi connectivity index (χ1v) is 8.60. The molecule has 0 N–H and O–H groups in total. The quantitative estimate of drug-likeness (QED) is 0.539. The van der Waals surface area contributed by atoms with Crippen molar-refractivity contribution in [2.75, 3.05) is 13.2 Å². The zero-order valence-electron chi connectivity index (χ0n) is 15.2. The van der Waals surface area contributed by atoms with Crippen molar-refractivity contribution in [1.82, 2.24) is 0 Å². The van der Waals surface area contributed by atoms with Crippen molar-refractivity contribution in [2.45, 2.75) is 66.7 Å². The largest absolute Gasteiger partial charge is 0.466 e. The summed E-state index contributed by atoms with van der Waals surface area (Å²) in [6.07, 6.45) is 2.92. The maximum atomic E-state index is 12.2. The van der Waals surface area contributed by atoms with Crippen molar-refractivity contribution in [3.8, 4) is 6.07 Å². The van der Waals surface area contributed by atoms with Crippen molar-refractivity contribution in [1.29, 1.82) is 5.26 Å². The van der Waals surface area contributed by atoms with E-state index in [0.717, 1.165) is 19.3 Å². The third kappa shape index (κ3) is 7.02. The van der Waals surface area contributed by atoms with Crippen LogP contribution in [0.3, 0.4) is 0 Å². The van der Waals surface area contributed by atoms with Gasteiger partial charge in [-0.1, -0.05) is 33.6 Å². The van der Waals surface area contributed by atoms with Gasteiger partial charge < -0.3 is 9.47 Å². The lowest BCUT2D eigenvalue weighted by Gasteiger charge is -2.33. The molecule has 0 fully saturated rings. The average molecular weight is 325 g/mol. The monoisotopic (exact) mass is 325 g/mol. The van der Waals surface area contributed by atoms with Crippen LogP contribution in [0.5, 0.6) is 0 Å². The number of unbranched alkanes of at least 4 members (excludes halogenated alkanes) is 1. The standard InChI is InChI=1S/C18H31NO4/c1-6-9-10-18(13-19,14(4)5)12-15(17(21)23-8-3)11-16(20)22-7-2/h14-15H,6-12H2,1-5H3. The molecule has 2 unspecified atom stereocenters. The highest BCUT2D eigenvalue weighted by molar-refractivity contribution is 5.80. The Morgan fingerprint density at radius 2 is 1.74 bits per heavy atom. The summed E-state index contributed by atoms with van der Waals surface area (Å²) in [4.78, 5) is 24.0. The molecule has 0 aromatic rings. The van der Waals surface area contributed by atoms with E-state index < -0.39 is 23.3 Å². The van der Waals surface area contributed by atoms with Crippen LogP contribution in [0, 0.1) is 28.6 Å². The number of carbonyl (C=O) groups excluding carboxylic acids is 2. The summed E-state index contributed by atoms with van der Waals surface area (Å²) in [5, 5.41) is 9.75. The summed E-state index contributed by atoms with van der Waals surface area (Å²) < 4.78 is 10.1. The zero-order valence-corrected chi connectivity index (χ0v) is 15.2. The minimum absolute atomic E-state index is 0.0328. The first-order chi connectivity index (χ1) is 10.9. The lowest BCUT2D eigenvalue weighted by molar-refractivity contribution is -0.156. The van der Waals surface area contributed by atoms with E-state index in [-0.39, 0.29) is 25.6 Å². The van der Waals surface area contributed by atoms with Crippen LogP contribution in [0.2, 0.25) is 0 Å². The van der Waals surface area contributed by atoms with Crippen LogP contribution in [0.4, 0.5) is 0 Å². The van der Waals surface area contributed by atoms with Crippen molar-refractivity contribution < 1.29 is 19.1 Å². The van der Waals surface area contributed by atoms with E-state index in [0.29, 0.717) is 6.42 Å². The van der Waals surface area contributed by atoms with E-state index in [1.165, 1.54) is 0 Å². The summed E-state index contributed by atoms with van der Waals surface area (Å²) >= 11 is 0. The Morgan fingerprint density at radius 3 is 2.17 bits per heavy atom. The third-order valence-corrected chi connectivity index (χ3v) is 4.25. The predicted molar refractivity (Wildman–Crippen MR) is 88.4 cm³/mol. The number of nitrogens with zero attached hydrogens (tertiary/aromatic N) is 1. The molecule has 0 saturated carbocycles. The summed E-state index contributed by atoms with van der Waals surface area (Å²) in [5.74, 6) is -1.37. The highest BCUT2D eigenvalue weighted by Gasteiger charge is 2.39. The Kier molecular flexibility index (Phi) is 10.3. The van der Waals surface area contributed by atoms with E-state index in [9.17, 15) is 14.9 Å². The fourth-order valence-electron chi connectivity index (χ4n) is 2.71. The number of hydrogen-bond donors (Lipinski definition) is 0. The maximum absolute atomic E-state index is 12.2. The molecule has 0 amide bonds. The molecule has 0 spiro atoms. The van der Waals surface area contributed by atoms with Gasteiger partial charge in [-0.05, 0) is 32.6 Å². The van der Waals surface area contributed by atoms with Crippen molar-refractivity contribution in [3.63, 3.8) is 0 Å². The first-order valence-electron chi connectivity index (χ1n) is 8.60. The summed E-state index contributed by atoms with van der Waals surface area (Å²) in [5.41, 5.74) is -0.625. The van der Waals surface area contributed by atoms with Crippen LogP contribution in [-0.4, -0.2) is 25.2 Å². The fourth-order valence-corrected chi connectivity index (χ4v) is 2.71. The topological polar surface area (TPSA) is 76.4 Å². The molecular formula is C18H31NO4. The number of carbonyl (C=O) groups is 2. The number of rotatable bonds is 11. The van der Waals surface area contributed by atoms with Crippen molar-refractivity contribution >= 4 is 11.9 Å². The second kappa shape index (κ2) is 11.0. The number of hydrogen-bond acceptors (Lipinski definition) is 5. The van der Waals surface area contributed by atoms with Crippen LogP contribution < -0.4 is 0 Å². The number of ether oxygens (including phenoxy) is 2. The molecule has 0 aliphatic heterocycles. The summed E-state index contributed by atoms with van der Waals surface area (Å²) in [7, 11) is 0. The van der Waals surface area contributed by atoms with Gasteiger partial charge in [-0.15, -0.1) is 0 Å². The van der Waals surface area contributed by atoms with Gasteiger partial charge in [0.25, 0.3) is 0 Å². The molecule has 5 nitrogen and oxygen atoms in total. The molecular weight excluding hydrogens is 294 g/mol. The average Bonchev–Trinajstić information content (AvgIpc) is 2.50.